The number of carbonyl (C=O) groups is 1. The molecule has 4 rings (SSSR count). The topological polar surface area (TPSA) is 77.7 Å². The lowest BCUT2D eigenvalue weighted by Crippen LogP contribution is -2.32. The van der Waals surface area contributed by atoms with Crippen LogP contribution in [0.3, 0.4) is 0 Å². The average Bonchev–Trinajstić information content (AvgIpc) is 3.50. The first kappa shape index (κ1) is 20.2. The molecule has 1 saturated carbocycles. The van der Waals surface area contributed by atoms with Gasteiger partial charge in [0, 0.05) is 22.2 Å². The number of hydrogen-bond donors (Lipinski definition) is 0. The summed E-state index contributed by atoms with van der Waals surface area (Å²) in [6.45, 7) is 2.67. The Labute approximate surface area is 179 Å². The number of rotatable bonds is 8. The predicted octanol–water partition coefficient (Wildman–Crippen LogP) is 4.60. The number of hydrogen-bond acceptors (Lipinski definition) is 6. The van der Waals surface area contributed by atoms with E-state index in [-0.39, 0.29) is 18.5 Å². The van der Waals surface area contributed by atoms with Crippen LogP contribution < -0.4 is 9.47 Å². The van der Waals surface area contributed by atoms with E-state index in [1.165, 1.54) is 0 Å². The Hall–Kier alpha value is -3.06. The van der Waals surface area contributed by atoms with E-state index in [4.69, 9.17) is 25.5 Å². The van der Waals surface area contributed by atoms with E-state index in [0.717, 1.165) is 18.4 Å². The van der Waals surface area contributed by atoms with Gasteiger partial charge < -0.3 is 18.8 Å². The van der Waals surface area contributed by atoms with Gasteiger partial charge in [-0.25, -0.2) is 0 Å². The summed E-state index contributed by atoms with van der Waals surface area (Å²) in [7, 11) is 1.56. The minimum absolute atomic E-state index is 0.106. The van der Waals surface area contributed by atoms with Crippen molar-refractivity contribution in [1.29, 1.82) is 0 Å². The summed E-state index contributed by atoms with van der Waals surface area (Å²) in [6.07, 6.45) is 1.91. The Balaban J connectivity index is 1.53. The van der Waals surface area contributed by atoms with Crippen molar-refractivity contribution in [3.05, 3.63) is 58.9 Å². The van der Waals surface area contributed by atoms with Gasteiger partial charge in [-0.1, -0.05) is 11.6 Å². The molecule has 1 aliphatic carbocycles. The second-order valence-corrected chi connectivity index (χ2v) is 7.41. The highest BCUT2D eigenvalue weighted by Crippen LogP contribution is 2.33. The third kappa shape index (κ3) is 4.41. The molecule has 1 aliphatic rings. The van der Waals surface area contributed by atoms with Crippen molar-refractivity contribution < 1.29 is 18.7 Å². The molecule has 0 saturated heterocycles. The number of aromatic nitrogens is 2. The van der Waals surface area contributed by atoms with Crippen LogP contribution in [0, 0.1) is 0 Å². The number of amides is 1. The third-order valence-corrected chi connectivity index (χ3v) is 5.07. The summed E-state index contributed by atoms with van der Waals surface area (Å²) >= 11 is 5.93. The molecular formula is C22H22ClN3O4. The molecule has 0 aliphatic heterocycles. The zero-order valence-corrected chi connectivity index (χ0v) is 17.6. The number of nitrogens with zero attached hydrogens (tertiary/aromatic N) is 3. The lowest BCUT2D eigenvalue weighted by molar-refractivity contribution is 0.0714. The summed E-state index contributed by atoms with van der Waals surface area (Å²) in [6, 6.07) is 12.5. The van der Waals surface area contributed by atoms with Crippen molar-refractivity contribution in [2.24, 2.45) is 0 Å². The molecule has 0 spiro atoms. The standard InChI is InChI=1S/C22H22ClN3O4/c1-3-29-18-11-6-15(12-19(18)28-2)22(27)26(17-9-10-17)13-20-24-25-21(30-20)14-4-7-16(23)8-5-14/h4-8,11-12,17H,3,9-10,13H2,1-2H3. The Bertz CT molecular complexity index is 1030. The molecule has 0 N–H and O–H groups in total. The van der Waals surface area contributed by atoms with Gasteiger partial charge in [0.15, 0.2) is 11.5 Å². The summed E-state index contributed by atoms with van der Waals surface area (Å²) in [5.74, 6) is 1.82. The van der Waals surface area contributed by atoms with Crippen LogP contribution in [0.5, 0.6) is 11.5 Å². The molecule has 7 nitrogen and oxygen atoms in total. The minimum atomic E-state index is -0.106. The maximum Gasteiger partial charge on any atom is 0.254 e. The normalized spacial score (nSPS) is 13.2. The molecule has 1 heterocycles. The first-order chi connectivity index (χ1) is 14.6. The van der Waals surface area contributed by atoms with Crippen LogP contribution in [-0.2, 0) is 6.54 Å². The number of ether oxygens (including phenoxy) is 2. The molecule has 1 amide bonds. The average molecular weight is 428 g/mol. The first-order valence-corrected chi connectivity index (χ1v) is 10.2. The van der Waals surface area contributed by atoms with Gasteiger partial charge in [-0.3, -0.25) is 4.79 Å². The summed E-state index contributed by atoms with van der Waals surface area (Å²) in [5, 5.41) is 8.87. The van der Waals surface area contributed by atoms with Gasteiger partial charge >= 0.3 is 0 Å². The maximum absolute atomic E-state index is 13.2. The van der Waals surface area contributed by atoms with Gasteiger partial charge in [0.25, 0.3) is 5.91 Å². The van der Waals surface area contributed by atoms with E-state index >= 15 is 0 Å². The molecule has 0 bridgehead atoms. The zero-order chi connectivity index (χ0) is 21.1. The minimum Gasteiger partial charge on any atom is -0.493 e. The molecule has 0 radical (unpaired) electrons. The SMILES string of the molecule is CCOc1ccc(C(=O)N(Cc2nnc(-c3ccc(Cl)cc3)o2)C2CC2)cc1OC. The molecule has 0 atom stereocenters. The van der Waals surface area contributed by atoms with Crippen LogP contribution in [0.4, 0.5) is 0 Å². The Morgan fingerprint density at radius 3 is 2.60 bits per heavy atom. The highest BCUT2D eigenvalue weighted by atomic mass is 35.5. The summed E-state index contributed by atoms with van der Waals surface area (Å²) in [5.41, 5.74) is 1.30. The molecule has 0 unspecified atom stereocenters. The van der Waals surface area contributed by atoms with E-state index in [2.05, 4.69) is 10.2 Å². The van der Waals surface area contributed by atoms with E-state index < -0.39 is 0 Å². The number of halogens is 1. The highest BCUT2D eigenvalue weighted by Gasteiger charge is 2.34. The van der Waals surface area contributed by atoms with E-state index in [0.29, 0.717) is 40.5 Å². The maximum atomic E-state index is 13.2. The second-order valence-electron chi connectivity index (χ2n) is 6.97. The van der Waals surface area contributed by atoms with Gasteiger partial charge in [0.2, 0.25) is 11.8 Å². The van der Waals surface area contributed by atoms with E-state index in [1.807, 2.05) is 19.1 Å². The van der Waals surface area contributed by atoms with Gasteiger partial charge in [0.1, 0.15) is 0 Å². The molecule has 8 heteroatoms. The highest BCUT2D eigenvalue weighted by molar-refractivity contribution is 6.30. The predicted molar refractivity (Wildman–Crippen MR) is 112 cm³/mol. The molecule has 1 aromatic heterocycles. The fourth-order valence-corrected chi connectivity index (χ4v) is 3.29. The quantitative estimate of drug-likeness (QED) is 0.522. The first-order valence-electron chi connectivity index (χ1n) is 9.79. The van der Waals surface area contributed by atoms with Crippen molar-refractivity contribution >= 4 is 17.5 Å². The van der Waals surface area contributed by atoms with Crippen LogP contribution in [-0.4, -0.2) is 40.8 Å². The molecule has 3 aromatic rings. The van der Waals surface area contributed by atoms with Crippen molar-refractivity contribution in [2.45, 2.75) is 32.4 Å². The Morgan fingerprint density at radius 2 is 1.93 bits per heavy atom. The van der Waals surface area contributed by atoms with Crippen molar-refractivity contribution in [3.63, 3.8) is 0 Å². The van der Waals surface area contributed by atoms with Gasteiger partial charge in [-0.2, -0.15) is 0 Å². The third-order valence-electron chi connectivity index (χ3n) is 4.82. The lowest BCUT2D eigenvalue weighted by Gasteiger charge is -2.21. The Morgan fingerprint density at radius 1 is 1.17 bits per heavy atom. The number of benzene rings is 2. The van der Waals surface area contributed by atoms with E-state index in [9.17, 15) is 4.79 Å². The molecule has 156 valence electrons. The largest absolute Gasteiger partial charge is 0.493 e. The van der Waals surface area contributed by atoms with Gasteiger partial charge in [0.05, 0.1) is 20.3 Å². The fraction of sp³-hybridized carbons (Fsp3) is 0.318. The summed E-state index contributed by atoms with van der Waals surface area (Å²) < 4.78 is 16.7. The zero-order valence-electron chi connectivity index (χ0n) is 16.8. The Kier molecular flexibility index (Phi) is 5.90. The van der Waals surface area contributed by atoms with Crippen LogP contribution in [0.15, 0.2) is 46.9 Å². The number of methoxy groups -OCH3 is 1. The number of carbonyl (C=O) groups excluding carboxylic acids is 1. The lowest BCUT2D eigenvalue weighted by atomic mass is 10.1. The van der Waals surface area contributed by atoms with Crippen molar-refractivity contribution in [1.82, 2.24) is 15.1 Å². The molecule has 1 fully saturated rings. The summed E-state index contributed by atoms with van der Waals surface area (Å²) in [4.78, 5) is 15.0. The molecule has 30 heavy (non-hydrogen) atoms. The monoisotopic (exact) mass is 427 g/mol. The fourth-order valence-electron chi connectivity index (χ4n) is 3.17. The van der Waals surface area contributed by atoms with Crippen molar-refractivity contribution in [3.8, 4) is 23.0 Å². The van der Waals surface area contributed by atoms with Crippen LogP contribution in [0.1, 0.15) is 36.0 Å². The van der Waals surface area contributed by atoms with Crippen LogP contribution in [0.25, 0.3) is 11.5 Å². The van der Waals surface area contributed by atoms with E-state index in [1.54, 1.807) is 42.3 Å². The molecular weight excluding hydrogens is 406 g/mol. The van der Waals surface area contributed by atoms with Crippen LogP contribution >= 0.6 is 11.6 Å². The van der Waals surface area contributed by atoms with Gasteiger partial charge in [-0.15, -0.1) is 10.2 Å². The van der Waals surface area contributed by atoms with Crippen LogP contribution in [0.2, 0.25) is 5.02 Å². The van der Waals surface area contributed by atoms with Crippen molar-refractivity contribution in [2.75, 3.05) is 13.7 Å². The second kappa shape index (κ2) is 8.75. The smallest absolute Gasteiger partial charge is 0.254 e. The van der Waals surface area contributed by atoms with Gasteiger partial charge in [-0.05, 0) is 62.2 Å². The molecule has 2 aromatic carbocycles.